The predicted octanol–water partition coefficient (Wildman–Crippen LogP) is 2.53. The van der Waals surface area contributed by atoms with Gasteiger partial charge in [-0.2, -0.15) is 4.31 Å². The quantitative estimate of drug-likeness (QED) is 0.688. The number of hydrogen-bond donors (Lipinski definition) is 1. The normalized spacial score (nSPS) is 17.7. The third kappa shape index (κ3) is 4.62. The molecule has 0 aliphatic carbocycles. The lowest BCUT2D eigenvalue weighted by atomic mass is 10.1. The third-order valence-electron chi connectivity index (χ3n) is 4.63. The minimum absolute atomic E-state index is 0.0620. The molecule has 1 aromatic carbocycles. The van der Waals surface area contributed by atoms with Crippen LogP contribution in [-0.2, 0) is 14.8 Å². The van der Waals surface area contributed by atoms with Crippen molar-refractivity contribution in [2.45, 2.75) is 44.0 Å². The van der Waals surface area contributed by atoms with Crippen LogP contribution < -0.4 is 5.32 Å². The first-order valence-electron chi connectivity index (χ1n) is 9.27. The summed E-state index contributed by atoms with van der Waals surface area (Å²) in [4.78, 5) is 24.6. The van der Waals surface area contributed by atoms with E-state index in [0.29, 0.717) is 6.54 Å². The van der Waals surface area contributed by atoms with Gasteiger partial charge in [-0.25, -0.2) is 13.2 Å². The average molecular weight is 439 g/mol. The van der Waals surface area contributed by atoms with E-state index >= 15 is 0 Å². The second kappa shape index (κ2) is 8.97. The fraction of sp³-hybridized carbons (Fsp3) is 0.444. The van der Waals surface area contributed by atoms with E-state index in [2.05, 4.69) is 14.9 Å². The Kier molecular flexibility index (Phi) is 6.60. The Morgan fingerprint density at radius 2 is 2.14 bits per heavy atom. The van der Waals surface area contributed by atoms with Gasteiger partial charge >= 0.3 is 5.97 Å². The van der Waals surface area contributed by atoms with Gasteiger partial charge < -0.3 is 10.1 Å². The van der Waals surface area contributed by atoms with Crippen molar-refractivity contribution < 1.29 is 22.7 Å². The summed E-state index contributed by atoms with van der Waals surface area (Å²) in [5, 5.41) is 6.39. The number of nitrogens with zero attached hydrogens (tertiary/aromatic N) is 3. The average Bonchev–Trinajstić information content (AvgIpc) is 3.16. The zero-order valence-electron chi connectivity index (χ0n) is 16.1. The summed E-state index contributed by atoms with van der Waals surface area (Å²) in [6, 6.07) is 5.76. The highest BCUT2D eigenvalue weighted by atomic mass is 32.2. The molecule has 1 aliphatic rings. The summed E-state index contributed by atoms with van der Waals surface area (Å²) >= 11 is 0.839. The number of amides is 1. The second-order valence-electron chi connectivity index (χ2n) is 6.61. The molecule has 1 amide bonds. The number of piperidine rings is 1. The fourth-order valence-electron chi connectivity index (χ4n) is 3.14. The highest BCUT2D eigenvalue weighted by molar-refractivity contribution is 7.89. The van der Waals surface area contributed by atoms with Gasteiger partial charge in [-0.05, 0) is 44.9 Å². The van der Waals surface area contributed by atoms with Crippen LogP contribution in [0.4, 0.5) is 5.00 Å². The highest BCUT2D eigenvalue weighted by Crippen LogP contribution is 2.26. The lowest BCUT2D eigenvalue weighted by Crippen LogP contribution is -2.41. The molecule has 1 N–H and O–H groups in total. The maximum Gasteiger partial charge on any atom is 0.362 e. The number of carbonyl (C=O) groups is 2. The number of esters is 1. The Morgan fingerprint density at radius 1 is 1.34 bits per heavy atom. The first-order valence-corrected chi connectivity index (χ1v) is 11.5. The second-order valence-corrected chi connectivity index (χ2v) is 9.26. The number of ether oxygens (including phenoxy) is 1. The molecule has 1 fully saturated rings. The van der Waals surface area contributed by atoms with E-state index in [9.17, 15) is 18.0 Å². The fourth-order valence-corrected chi connectivity index (χ4v) is 5.44. The van der Waals surface area contributed by atoms with E-state index in [-0.39, 0.29) is 33.8 Å². The molecule has 2 heterocycles. The molecule has 2 aromatic rings. The topological polar surface area (TPSA) is 119 Å². The van der Waals surface area contributed by atoms with Gasteiger partial charge in [0.1, 0.15) is 0 Å². The zero-order valence-corrected chi connectivity index (χ0v) is 17.8. The molecule has 156 valence electrons. The van der Waals surface area contributed by atoms with Crippen LogP contribution in [0.5, 0.6) is 0 Å². The highest BCUT2D eigenvalue weighted by Gasteiger charge is 2.31. The van der Waals surface area contributed by atoms with E-state index in [1.54, 1.807) is 6.92 Å². The van der Waals surface area contributed by atoms with Gasteiger partial charge in [-0.1, -0.05) is 17.0 Å². The van der Waals surface area contributed by atoms with E-state index in [0.717, 1.165) is 30.8 Å². The molecular weight excluding hydrogens is 416 g/mol. The number of benzene rings is 1. The molecule has 3 rings (SSSR count). The molecule has 1 unspecified atom stereocenters. The van der Waals surface area contributed by atoms with Crippen molar-refractivity contribution in [2.24, 2.45) is 0 Å². The maximum absolute atomic E-state index is 13.0. The summed E-state index contributed by atoms with van der Waals surface area (Å²) in [5.74, 6) is -1.25. The van der Waals surface area contributed by atoms with Crippen molar-refractivity contribution in [1.82, 2.24) is 13.9 Å². The number of sulfonamides is 1. The van der Waals surface area contributed by atoms with Crippen LogP contribution in [-0.4, -0.2) is 53.4 Å². The van der Waals surface area contributed by atoms with Crippen LogP contribution in [0.25, 0.3) is 0 Å². The van der Waals surface area contributed by atoms with E-state index in [1.807, 2.05) is 6.92 Å². The summed E-state index contributed by atoms with van der Waals surface area (Å²) in [7, 11) is -3.70. The van der Waals surface area contributed by atoms with Gasteiger partial charge in [-0.15, -0.1) is 5.10 Å². The van der Waals surface area contributed by atoms with Crippen molar-refractivity contribution in [2.75, 3.05) is 18.5 Å². The molecule has 1 aliphatic heterocycles. The molecular formula is C18H22N4O5S2. The van der Waals surface area contributed by atoms with E-state index in [4.69, 9.17) is 4.74 Å². The van der Waals surface area contributed by atoms with Gasteiger partial charge in [0.15, 0.2) is 5.00 Å². The van der Waals surface area contributed by atoms with Crippen molar-refractivity contribution in [3.63, 3.8) is 0 Å². The molecule has 9 nitrogen and oxygen atoms in total. The Bertz CT molecular complexity index is 1010. The van der Waals surface area contributed by atoms with Crippen LogP contribution in [0.1, 0.15) is 54.0 Å². The molecule has 1 aromatic heterocycles. The standard InChI is InChI=1S/C18H22N4O5S2/c1-3-27-18(24)15-17(28-21-20-15)19-16(23)13-8-6-9-14(11-13)29(25,26)22-10-5-4-7-12(22)2/h6,8-9,11-12H,3-5,7,10H2,1-2H3,(H,19,23). The summed E-state index contributed by atoms with van der Waals surface area (Å²) in [6.45, 7) is 4.18. The number of anilines is 1. The van der Waals surface area contributed by atoms with Crippen LogP contribution >= 0.6 is 11.5 Å². The molecule has 29 heavy (non-hydrogen) atoms. The molecule has 0 bridgehead atoms. The van der Waals surface area contributed by atoms with Crippen molar-refractivity contribution in [3.05, 3.63) is 35.5 Å². The Hall–Kier alpha value is -2.37. The Morgan fingerprint density at radius 3 is 2.86 bits per heavy atom. The van der Waals surface area contributed by atoms with Gasteiger partial charge in [0.25, 0.3) is 5.91 Å². The summed E-state index contributed by atoms with van der Waals surface area (Å²) < 4.78 is 36.1. The van der Waals surface area contributed by atoms with Crippen molar-refractivity contribution in [3.8, 4) is 0 Å². The molecule has 0 radical (unpaired) electrons. The molecule has 1 saturated heterocycles. The van der Waals surface area contributed by atoms with Crippen LogP contribution in [0.3, 0.4) is 0 Å². The van der Waals surface area contributed by atoms with Gasteiger partial charge in [0.05, 0.1) is 11.5 Å². The lowest BCUT2D eigenvalue weighted by Gasteiger charge is -2.32. The largest absolute Gasteiger partial charge is 0.461 e. The predicted molar refractivity (Wildman–Crippen MR) is 107 cm³/mol. The number of hydrogen-bond acceptors (Lipinski definition) is 8. The minimum atomic E-state index is -3.70. The smallest absolute Gasteiger partial charge is 0.362 e. The van der Waals surface area contributed by atoms with Gasteiger partial charge in [0, 0.05) is 29.7 Å². The monoisotopic (exact) mass is 438 g/mol. The van der Waals surface area contributed by atoms with Crippen LogP contribution in [0.15, 0.2) is 29.2 Å². The summed E-state index contributed by atoms with van der Waals surface area (Å²) in [5.41, 5.74) is 0.0649. The van der Waals surface area contributed by atoms with Gasteiger partial charge in [0.2, 0.25) is 15.7 Å². The van der Waals surface area contributed by atoms with E-state index in [1.165, 1.54) is 28.6 Å². The zero-order chi connectivity index (χ0) is 21.0. The number of carbonyl (C=O) groups excluding carboxylic acids is 2. The first-order chi connectivity index (χ1) is 13.8. The number of aromatic nitrogens is 2. The van der Waals surface area contributed by atoms with Crippen molar-refractivity contribution >= 4 is 38.4 Å². The van der Waals surface area contributed by atoms with E-state index < -0.39 is 21.9 Å². The number of rotatable bonds is 6. The SMILES string of the molecule is CCOC(=O)c1nnsc1NC(=O)c1cccc(S(=O)(=O)N2CCCCC2C)c1. The molecule has 11 heteroatoms. The Balaban J connectivity index is 1.82. The third-order valence-corrected chi connectivity index (χ3v) is 7.28. The molecule has 0 saturated carbocycles. The molecule has 0 spiro atoms. The van der Waals surface area contributed by atoms with Crippen LogP contribution in [0.2, 0.25) is 0 Å². The first kappa shape index (κ1) is 21.3. The van der Waals surface area contributed by atoms with Crippen molar-refractivity contribution in [1.29, 1.82) is 0 Å². The van der Waals surface area contributed by atoms with Crippen LogP contribution in [0, 0.1) is 0 Å². The minimum Gasteiger partial charge on any atom is -0.461 e. The van der Waals surface area contributed by atoms with Gasteiger partial charge in [-0.3, -0.25) is 4.79 Å². The molecule has 1 atom stereocenters. The maximum atomic E-state index is 13.0. The Labute approximate surface area is 173 Å². The lowest BCUT2D eigenvalue weighted by molar-refractivity contribution is 0.0520. The number of nitrogens with one attached hydrogen (secondary N) is 1. The summed E-state index contributed by atoms with van der Waals surface area (Å²) in [6.07, 6.45) is 2.63.